The topological polar surface area (TPSA) is 16.1 Å². The van der Waals surface area contributed by atoms with E-state index in [-0.39, 0.29) is 0 Å². The van der Waals surface area contributed by atoms with E-state index in [4.69, 9.17) is 0 Å². The van der Waals surface area contributed by atoms with Crippen LogP contribution in [0.4, 0.5) is 0 Å². The van der Waals surface area contributed by atoms with Crippen molar-refractivity contribution in [3.05, 3.63) is 30.1 Å². The van der Waals surface area contributed by atoms with Crippen LogP contribution < -0.4 is 0 Å². The van der Waals surface area contributed by atoms with E-state index in [1.54, 1.807) is 0 Å². The van der Waals surface area contributed by atoms with E-state index in [1.165, 1.54) is 18.4 Å². The molecule has 0 atom stereocenters. The lowest BCUT2D eigenvalue weighted by molar-refractivity contribution is 0.180. The summed E-state index contributed by atoms with van der Waals surface area (Å²) in [6.07, 6.45) is 6.16. The molecule has 96 valence electrons. The molecule has 0 aliphatic heterocycles. The van der Waals surface area contributed by atoms with Crippen LogP contribution in [0, 0.1) is 5.41 Å². The van der Waals surface area contributed by atoms with Gasteiger partial charge in [0.2, 0.25) is 0 Å². The molecule has 17 heavy (non-hydrogen) atoms. The Bertz CT molecular complexity index is 301. The van der Waals surface area contributed by atoms with Crippen molar-refractivity contribution in [1.29, 1.82) is 0 Å². The molecule has 0 radical (unpaired) electrons. The highest BCUT2D eigenvalue weighted by Gasteiger charge is 2.26. The standard InChI is InChI=1S/C14H23BrN2/c1-4-14(5-2,11-15)12-17(3)10-13-6-8-16-9-7-13/h6-9H,4-5,10-12H2,1-3H3. The fraction of sp³-hybridized carbons (Fsp3) is 0.643. The highest BCUT2D eigenvalue weighted by atomic mass is 79.9. The highest BCUT2D eigenvalue weighted by molar-refractivity contribution is 9.09. The molecule has 0 saturated heterocycles. The predicted octanol–water partition coefficient (Wildman–Crippen LogP) is 3.71. The van der Waals surface area contributed by atoms with E-state index in [0.29, 0.717) is 5.41 Å². The Morgan fingerprint density at radius 2 is 1.82 bits per heavy atom. The summed E-state index contributed by atoms with van der Waals surface area (Å²) in [5.74, 6) is 0. The molecule has 1 aromatic heterocycles. The molecular weight excluding hydrogens is 276 g/mol. The fourth-order valence-corrected chi connectivity index (χ4v) is 3.10. The Kier molecular flexibility index (Phi) is 6.14. The lowest BCUT2D eigenvalue weighted by atomic mass is 9.84. The number of hydrogen-bond acceptors (Lipinski definition) is 2. The number of aromatic nitrogens is 1. The summed E-state index contributed by atoms with van der Waals surface area (Å²) in [5, 5.41) is 1.08. The monoisotopic (exact) mass is 298 g/mol. The van der Waals surface area contributed by atoms with E-state index >= 15 is 0 Å². The number of nitrogens with zero attached hydrogens (tertiary/aromatic N) is 2. The molecule has 0 spiro atoms. The molecule has 0 aliphatic carbocycles. The molecule has 0 aliphatic rings. The van der Waals surface area contributed by atoms with E-state index in [9.17, 15) is 0 Å². The molecule has 0 amide bonds. The van der Waals surface area contributed by atoms with Crippen LogP contribution in [-0.2, 0) is 6.54 Å². The third-order valence-corrected chi connectivity index (χ3v) is 4.78. The minimum absolute atomic E-state index is 0.405. The van der Waals surface area contributed by atoms with Crippen molar-refractivity contribution in [3.63, 3.8) is 0 Å². The number of halogens is 1. The van der Waals surface area contributed by atoms with Gasteiger partial charge in [-0.3, -0.25) is 4.98 Å². The largest absolute Gasteiger partial charge is 0.302 e. The second-order valence-electron chi connectivity index (χ2n) is 4.87. The second-order valence-corrected chi connectivity index (χ2v) is 5.43. The first-order valence-electron chi connectivity index (χ1n) is 6.29. The Hall–Kier alpha value is -0.410. The quantitative estimate of drug-likeness (QED) is 0.713. The van der Waals surface area contributed by atoms with Crippen LogP contribution in [0.15, 0.2) is 24.5 Å². The van der Waals surface area contributed by atoms with E-state index in [2.05, 4.69) is 58.8 Å². The normalized spacial score (nSPS) is 12.1. The van der Waals surface area contributed by atoms with Crippen molar-refractivity contribution in [2.75, 3.05) is 18.9 Å². The molecule has 1 aromatic rings. The van der Waals surface area contributed by atoms with E-state index in [0.717, 1.165) is 18.4 Å². The molecule has 0 N–H and O–H groups in total. The van der Waals surface area contributed by atoms with Crippen LogP contribution in [0.5, 0.6) is 0 Å². The first-order chi connectivity index (χ1) is 8.15. The predicted molar refractivity (Wildman–Crippen MR) is 77.4 cm³/mol. The summed E-state index contributed by atoms with van der Waals surface area (Å²) < 4.78 is 0. The van der Waals surface area contributed by atoms with Crippen molar-refractivity contribution < 1.29 is 0 Å². The summed E-state index contributed by atoms with van der Waals surface area (Å²) in [6.45, 7) is 6.70. The van der Waals surface area contributed by atoms with Gasteiger partial charge in [-0.05, 0) is 43.0 Å². The van der Waals surface area contributed by atoms with Crippen molar-refractivity contribution in [1.82, 2.24) is 9.88 Å². The zero-order valence-electron chi connectivity index (χ0n) is 11.1. The maximum Gasteiger partial charge on any atom is 0.0271 e. The van der Waals surface area contributed by atoms with Crippen molar-refractivity contribution in [2.45, 2.75) is 33.2 Å². The van der Waals surface area contributed by atoms with Gasteiger partial charge in [-0.25, -0.2) is 0 Å². The maximum absolute atomic E-state index is 4.05. The van der Waals surface area contributed by atoms with Crippen LogP contribution in [-0.4, -0.2) is 28.8 Å². The third-order valence-electron chi connectivity index (χ3n) is 3.59. The van der Waals surface area contributed by atoms with E-state index < -0.39 is 0 Å². The van der Waals surface area contributed by atoms with Gasteiger partial charge >= 0.3 is 0 Å². The average molecular weight is 299 g/mol. The number of alkyl halides is 1. The number of pyridine rings is 1. The molecule has 3 heteroatoms. The summed E-state index contributed by atoms with van der Waals surface area (Å²) in [5.41, 5.74) is 1.74. The molecule has 1 rings (SSSR count). The molecular formula is C14H23BrN2. The number of hydrogen-bond donors (Lipinski definition) is 0. The Morgan fingerprint density at radius 3 is 2.29 bits per heavy atom. The zero-order chi connectivity index (χ0) is 12.7. The average Bonchev–Trinajstić information content (AvgIpc) is 2.37. The Labute approximate surface area is 114 Å². The molecule has 2 nitrogen and oxygen atoms in total. The fourth-order valence-electron chi connectivity index (χ4n) is 2.13. The zero-order valence-corrected chi connectivity index (χ0v) is 12.7. The summed E-state index contributed by atoms with van der Waals surface area (Å²) in [6, 6.07) is 4.18. The third kappa shape index (κ3) is 4.40. The van der Waals surface area contributed by atoms with Gasteiger partial charge in [0.1, 0.15) is 0 Å². The molecule has 0 fully saturated rings. The van der Waals surface area contributed by atoms with Gasteiger partial charge in [0.25, 0.3) is 0 Å². The first-order valence-corrected chi connectivity index (χ1v) is 7.41. The molecule has 0 bridgehead atoms. The smallest absolute Gasteiger partial charge is 0.0271 e. The van der Waals surface area contributed by atoms with Crippen LogP contribution in [0.3, 0.4) is 0 Å². The van der Waals surface area contributed by atoms with E-state index in [1.807, 2.05) is 12.4 Å². The van der Waals surface area contributed by atoms with Crippen LogP contribution in [0.1, 0.15) is 32.3 Å². The van der Waals surface area contributed by atoms with Crippen molar-refractivity contribution in [3.8, 4) is 0 Å². The van der Waals surface area contributed by atoms with Gasteiger partial charge < -0.3 is 4.90 Å². The van der Waals surface area contributed by atoms with Gasteiger partial charge in [-0.1, -0.05) is 29.8 Å². The van der Waals surface area contributed by atoms with Crippen molar-refractivity contribution in [2.24, 2.45) is 5.41 Å². The minimum Gasteiger partial charge on any atom is -0.302 e. The van der Waals surface area contributed by atoms with Gasteiger partial charge in [0.15, 0.2) is 0 Å². The van der Waals surface area contributed by atoms with Gasteiger partial charge in [0, 0.05) is 30.8 Å². The minimum atomic E-state index is 0.405. The van der Waals surface area contributed by atoms with Gasteiger partial charge in [-0.15, -0.1) is 0 Å². The number of rotatable bonds is 7. The van der Waals surface area contributed by atoms with Crippen LogP contribution >= 0.6 is 15.9 Å². The van der Waals surface area contributed by atoms with Crippen molar-refractivity contribution >= 4 is 15.9 Å². The summed E-state index contributed by atoms with van der Waals surface area (Å²) in [4.78, 5) is 6.46. The summed E-state index contributed by atoms with van der Waals surface area (Å²) in [7, 11) is 2.20. The molecule has 1 heterocycles. The van der Waals surface area contributed by atoms with Crippen LogP contribution in [0.2, 0.25) is 0 Å². The SMILES string of the molecule is CCC(CC)(CBr)CN(C)Cc1ccncc1. The highest BCUT2D eigenvalue weighted by Crippen LogP contribution is 2.29. The van der Waals surface area contributed by atoms with Gasteiger partial charge in [-0.2, -0.15) is 0 Å². The Balaban J connectivity index is 2.56. The van der Waals surface area contributed by atoms with Crippen LogP contribution in [0.25, 0.3) is 0 Å². The molecule has 0 saturated carbocycles. The molecule has 0 aromatic carbocycles. The lowest BCUT2D eigenvalue weighted by Gasteiger charge is -2.34. The lowest BCUT2D eigenvalue weighted by Crippen LogP contribution is -2.36. The Morgan fingerprint density at radius 1 is 1.24 bits per heavy atom. The maximum atomic E-state index is 4.05. The summed E-state index contributed by atoms with van der Waals surface area (Å²) >= 11 is 3.67. The molecule has 0 unspecified atom stereocenters. The second kappa shape index (κ2) is 7.12. The van der Waals surface area contributed by atoms with Gasteiger partial charge in [0.05, 0.1) is 0 Å². The first kappa shape index (κ1) is 14.7.